The Hall–Kier alpha value is -3.49. The number of phenolic OH excluding ortho intramolecular Hbond substituents is 1. The zero-order chi connectivity index (χ0) is 25.8. The lowest BCUT2D eigenvalue weighted by molar-refractivity contribution is 0.0954. The summed E-state index contributed by atoms with van der Waals surface area (Å²) in [5.74, 6) is 0.326. The molecule has 2 aliphatic heterocycles. The fraction of sp³-hybridized carbons (Fsp3) is 0.400. The van der Waals surface area contributed by atoms with Gasteiger partial charge in [-0.15, -0.1) is 0 Å². The van der Waals surface area contributed by atoms with Gasteiger partial charge in [0.2, 0.25) is 0 Å². The van der Waals surface area contributed by atoms with Crippen molar-refractivity contribution in [1.29, 1.82) is 0 Å². The molecule has 8 heteroatoms. The molecule has 1 aliphatic carbocycles. The van der Waals surface area contributed by atoms with Gasteiger partial charge in [0.15, 0.2) is 5.82 Å². The molecule has 2 saturated heterocycles. The van der Waals surface area contributed by atoms with E-state index in [-0.39, 0.29) is 29.3 Å². The maximum absolute atomic E-state index is 16.4. The molecule has 0 amide bonds. The topological polar surface area (TPSA) is 90.7 Å². The number of aromatic hydroxyl groups is 1. The first-order valence-corrected chi connectivity index (χ1v) is 13.6. The Bertz CT molecular complexity index is 1520. The van der Waals surface area contributed by atoms with E-state index in [1.165, 1.54) is 0 Å². The first-order chi connectivity index (χ1) is 18.5. The monoisotopic (exact) mass is 514 g/mol. The minimum atomic E-state index is -0.467. The lowest BCUT2D eigenvalue weighted by Crippen LogP contribution is -2.51. The van der Waals surface area contributed by atoms with Crippen molar-refractivity contribution in [2.45, 2.75) is 50.3 Å². The summed E-state index contributed by atoms with van der Waals surface area (Å²) in [6, 6.07) is 15.5. The Morgan fingerprint density at radius 2 is 1.76 bits per heavy atom. The summed E-state index contributed by atoms with van der Waals surface area (Å²) >= 11 is 0. The number of halogens is 1. The first kappa shape index (κ1) is 23.6. The number of piperazine rings is 1. The summed E-state index contributed by atoms with van der Waals surface area (Å²) in [6.07, 6.45) is 4.50. The largest absolute Gasteiger partial charge is 0.508 e. The lowest BCUT2D eigenvalue weighted by atomic mass is 9.96. The van der Waals surface area contributed by atoms with E-state index in [0.717, 1.165) is 56.0 Å². The number of ether oxygens (including phenoxy) is 1. The van der Waals surface area contributed by atoms with Gasteiger partial charge in [-0.1, -0.05) is 36.8 Å². The Labute approximate surface area is 220 Å². The standard InChI is InChI=1S/C30H31FN4O3/c31-27-23(25-13-21(36)12-17-4-1-2-6-22(17)25)10-11-24-28(27)33-30(38-16-18-5-3-7-26(18)37)34-29(24)35-14-19-8-9-20(15-35)32-19/h1-2,4,6,10-13,18-20,26,32,36-37H,3,5,7-9,14-16H2. The number of hydrogen-bond acceptors (Lipinski definition) is 7. The van der Waals surface area contributed by atoms with E-state index < -0.39 is 5.82 Å². The van der Waals surface area contributed by atoms with Gasteiger partial charge in [0.25, 0.3) is 0 Å². The van der Waals surface area contributed by atoms with E-state index in [1.807, 2.05) is 30.3 Å². The molecule has 7 nitrogen and oxygen atoms in total. The second-order valence-corrected chi connectivity index (χ2v) is 11.0. The molecule has 3 heterocycles. The number of hydrogen-bond donors (Lipinski definition) is 3. The molecule has 3 aliphatic rings. The van der Waals surface area contributed by atoms with Gasteiger partial charge in [-0.05, 0) is 60.2 Å². The van der Waals surface area contributed by atoms with Crippen molar-refractivity contribution >= 4 is 27.5 Å². The van der Waals surface area contributed by atoms with E-state index in [9.17, 15) is 10.2 Å². The van der Waals surface area contributed by atoms with Crippen LogP contribution in [0.3, 0.4) is 0 Å². The zero-order valence-corrected chi connectivity index (χ0v) is 21.1. The summed E-state index contributed by atoms with van der Waals surface area (Å²) in [4.78, 5) is 11.6. The van der Waals surface area contributed by atoms with Crippen LogP contribution in [0.25, 0.3) is 32.8 Å². The Morgan fingerprint density at radius 1 is 0.947 bits per heavy atom. The van der Waals surface area contributed by atoms with Crippen LogP contribution >= 0.6 is 0 Å². The predicted molar refractivity (Wildman–Crippen MR) is 145 cm³/mol. The number of nitrogens with one attached hydrogen (secondary N) is 1. The summed E-state index contributed by atoms with van der Waals surface area (Å²) < 4.78 is 22.4. The van der Waals surface area contributed by atoms with Crippen LogP contribution in [0.1, 0.15) is 32.1 Å². The number of benzene rings is 3. The summed E-state index contributed by atoms with van der Waals surface area (Å²) in [7, 11) is 0. The minimum Gasteiger partial charge on any atom is -0.508 e. The molecule has 38 heavy (non-hydrogen) atoms. The van der Waals surface area contributed by atoms with Crippen LogP contribution in [-0.4, -0.2) is 58.1 Å². The van der Waals surface area contributed by atoms with E-state index in [0.29, 0.717) is 41.0 Å². The third-order valence-electron chi connectivity index (χ3n) is 8.46. The number of anilines is 1. The average Bonchev–Trinajstić information content (AvgIpc) is 3.50. The maximum atomic E-state index is 16.4. The second kappa shape index (κ2) is 9.36. The van der Waals surface area contributed by atoms with Gasteiger partial charge in [-0.2, -0.15) is 9.97 Å². The number of fused-ring (bicyclic) bond motifs is 4. The number of aliphatic hydroxyl groups is 1. The summed E-state index contributed by atoms with van der Waals surface area (Å²) in [5, 5.41) is 26.6. The van der Waals surface area contributed by atoms with Crippen LogP contribution in [0.4, 0.5) is 10.2 Å². The van der Waals surface area contributed by atoms with Gasteiger partial charge in [-0.3, -0.25) is 0 Å². The molecule has 4 aromatic rings. The van der Waals surface area contributed by atoms with Crippen molar-refractivity contribution < 1.29 is 19.3 Å². The van der Waals surface area contributed by atoms with Gasteiger partial charge in [-0.25, -0.2) is 4.39 Å². The molecule has 0 spiro atoms. The van der Waals surface area contributed by atoms with Crippen molar-refractivity contribution in [3.8, 4) is 22.9 Å². The minimum absolute atomic E-state index is 0.0302. The molecular formula is C30H31FN4O3. The van der Waals surface area contributed by atoms with Gasteiger partial charge in [0.05, 0.1) is 12.7 Å². The average molecular weight is 515 g/mol. The summed E-state index contributed by atoms with van der Waals surface area (Å²) in [6.45, 7) is 1.89. The molecule has 7 rings (SSSR count). The van der Waals surface area contributed by atoms with Crippen molar-refractivity contribution in [3.63, 3.8) is 0 Å². The van der Waals surface area contributed by atoms with Gasteiger partial charge >= 0.3 is 6.01 Å². The van der Waals surface area contributed by atoms with Crippen molar-refractivity contribution in [1.82, 2.24) is 15.3 Å². The Balaban J connectivity index is 1.36. The molecule has 3 fully saturated rings. The number of nitrogens with zero attached hydrogens (tertiary/aromatic N) is 3. The van der Waals surface area contributed by atoms with Crippen molar-refractivity contribution in [3.05, 3.63) is 54.3 Å². The number of rotatable bonds is 5. The van der Waals surface area contributed by atoms with Gasteiger partial charge < -0.3 is 25.2 Å². The number of phenols is 1. The van der Waals surface area contributed by atoms with E-state index >= 15 is 4.39 Å². The highest BCUT2D eigenvalue weighted by Gasteiger charge is 2.34. The highest BCUT2D eigenvalue weighted by Crippen LogP contribution is 2.39. The van der Waals surface area contributed by atoms with E-state index in [1.54, 1.807) is 18.2 Å². The third kappa shape index (κ3) is 4.12. The van der Waals surface area contributed by atoms with Crippen LogP contribution < -0.4 is 15.0 Å². The molecule has 4 unspecified atom stereocenters. The fourth-order valence-electron chi connectivity index (χ4n) is 6.52. The smallest absolute Gasteiger partial charge is 0.319 e. The Kier molecular flexibility index (Phi) is 5.82. The van der Waals surface area contributed by atoms with Crippen molar-refractivity contribution in [2.75, 3.05) is 24.6 Å². The second-order valence-electron chi connectivity index (χ2n) is 11.0. The maximum Gasteiger partial charge on any atom is 0.319 e. The highest BCUT2D eigenvalue weighted by atomic mass is 19.1. The molecule has 4 atom stereocenters. The normalized spacial score (nSPS) is 24.9. The van der Waals surface area contributed by atoms with Crippen molar-refractivity contribution in [2.24, 2.45) is 5.92 Å². The van der Waals surface area contributed by atoms with E-state index in [2.05, 4.69) is 15.2 Å². The summed E-state index contributed by atoms with van der Waals surface area (Å²) in [5.41, 5.74) is 1.18. The molecule has 3 aromatic carbocycles. The van der Waals surface area contributed by atoms with Crippen LogP contribution in [0, 0.1) is 11.7 Å². The highest BCUT2D eigenvalue weighted by molar-refractivity contribution is 6.01. The molecule has 3 N–H and O–H groups in total. The predicted octanol–water partition coefficient (Wildman–Crippen LogP) is 4.78. The molecule has 2 bridgehead atoms. The third-order valence-corrected chi connectivity index (χ3v) is 8.46. The van der Waals surface area contributed by atoms with Gasteiger partial charge in [0.1, 0.15) is 17.1 Å². The van der Waals surface area contributed by atoms with Crippen LogP contribution in [-0.2, 0) is 0 Å². The Morgan fingerprint density at radius 3 is 2.55 bits per heavy atom. The fourth-order valence-corrected chi connectivity index (χ4v) is 6.52. The molecule has 1 aromatic heterocycles. The molecular weight excluding hydrogens is 483 g/mol. The van der Waals surface area contributed by atoms with Crippen LogP contribution in [0.15, 0.2) is 48.5 Å². The molecule has 0 radical (unpaired) electrons. The quantitative estimate of drug-likeness (QED) is 0.353. The van der Waals surface area contributed by atoms with Gasteiger partial charge in [0, 0.05) is 42.0 Å². The van der Waals surface area contributed by atoms with Crippen LogP contribution in [0.5, 0.6) is 11.8 Å². The molecule has 196 valence electrons. The lowest BCUT2D eigenvalue weighted by Gasteiger charge is -2.34. The first-order valence-electron chi connectivity index (χ1n) is 13.6. The van der Waals surface area contributed by atoms with Crippen LogP contribution in [0.2, 0.25) is 0 Å². The van der Waals surface area contributed by atoms with E-state index in [4.69, 9.17) is 9.72 Å². The SMILES string of the molecule is Oc1cc(-c2ccc3c(N4CC5CCC(C4)N5)nc(OCC4CCCC4O)nc3c2F)c2ccccc2c1. The number of aliphatic hydroxyl groups excluding tert-OH is 1. The molecule has 1 saturated carbocycles. The number of aromatic nitrogens is 2. The zero-order valence-electron chi connectivity index (χ0n) is 21.1.